The van der Waals surface area contributed by atoms with Gasteiger partial charge in [-0.2, -0.15) is 0 Å². The molecule has 2 unspecified atom stereocenters. The average Bonchev–Trinajstić information content (AvgIpc) is 2.81. The summed E-state index contributed by atoms with van der Waals surface area (Å²) in [7, 11) is 0. The van der Waals surface area contributed by atoms with Crippen molar-refractivity contribution in [2.45, 2.75) is 45.3 Å². The van der Waals surface area contributed by atoms with Gasteiger partial charge in [0, 0.05) is 25.7 Å². The first-order valence-corrected chi connectivity index (χ1v) is 7.39. The van der Waals surface area contributed by atoms with Crippen LogP contribution < -0.4 is 10.6 Å². The molecule has 1 fully saturated rings. The normalized spacial score (nSPS) is 22.0. The SMILES string of the molecule is CC(C)N1CCC(CNC(=O)NCC(C)(O)CC(=O)O)C1. The minimum absolute atomic E-state index is 0.0894. The number of urea groups is 1. The molecule has 1 aliphatic heterocycles. The summed E-state index contributed by atoms with van der Waals surface area (Å²) < 4.78 is 0. The second-order valence-electron chi connectivity index (χ2n) is 6.37. The van der Waals surface area contributed by atoms with Crippen LogP contribution in [-0.2, 0) is 4.79 Å². The summed E-state index contributed by atoms with van der Waals surface area (Å²) in [5.74, 6) is -0.653. The number of amides is 2. The van der Waals surface area contributed by atoms with Crippen molar-refractivity contribution in [3.8, 4) is 0 Å². The molecule has 7 nitrogen and oxygen atoms in total. The lowest BCUT2D eigenvalue weighted by atomic mass is 10.0. The molecule has 1 rings (SSSR count). The number of carbonyl (C=O) groups is 2. The quantitative estimate of drug-likeness (QED) is 0.539. The van der Waals surface area contributed by atoms with Gasteiger partial charge in [0.05, 0.1) is 12.0 Å². The molecule has 0 aromatic carbocycles. The molecule has 0 saturated carbocycles. The molecule has 0 aliphatic carbocycles. The summed E-state index contributed by atoms with van der Waals surface area (Å²) in [5.41, 5.74) is -1.44. The Labute approximate surface area is 125 Å². The molecule has 2 amide bonds. The highest BCUT2D eigenvalue weighted by Crippen LogP contribution is 2.17. The molecular weight excluding hydrogens is 274 g/mol. The maximum absolute atomic E-state index is 11.7. The smallest absolute Gasteiger partial charge is 0.314 e. The minimum Gasteiger partial charge on any atom is -0.481 e. The first-order valence-electron chi connectivity index (χ1n) is 7.39. The molecule has 1 aliphatic rings. The van der Waals surface area contributed by atoms with Gasteiger partial charge in [-0.25, -0.2) is 4.79 Å². The molecule has 4 N–H and O–H groups in total. The molecule has 0 aromatic heterocycles. The van der Waals surface area contributed by atoms with Gasteiger partial charge < -0.3 is 25.7 Å². The summed E-state index contributed by atoms with van der Waals surface area (Å²) in [6, 6.07) is 0.151. The van der Waals surface area contributed by atoms with Crippen LogP contribution in [0.3, 0.4) is 0 Å². The number of aliphatic hydroxyl groups is 1. The molecular formula is C14H27N3O4. The van der Waals surface area contributed by atoms with Crippen molar-refractivity contribution >= 4 is 12.0 Å². The average molecular weight is 301 g/mol. The number of nitrogens with one attached hydrogen (secondary N) is 2. The van der Waals surface area contributed by atoms with Crippen molar-refractivity contribution in [3.63, 3.8) is 0 Å². The van der Waals surface area contributed by atoms with E-state index in [4.69, 9.17) is 5.11 Å². The van der Waals surface area contributed by atoms with Crippen molar-refractivity contribution in [3.05, 3.63) is 0 Å². The van der Waals surface area contributed by atoms with E-state index in [1.165, 1.54) is 6.92 Å². The maximum atomic E-state index is 11.7. The lowest BCUT2D eigenvalue weighted by molar-refractivity contribution is -0.141. The summed E-state index contributed by atoms with van der Waals surface area (Å²) >= 11 is 0. The van der Waals surface area contributed by atoms with Gasteiger partial charge in [-0.1, -0.05) is 0 Å². The van der Waals surface area contributed by atoms with Gasteiger partial charge in [0.2, 0.25) is 0 Å². The number of rotatable bonds is 7. The van der Waals surface area contributed by atoms with Gasteiger partial charge in [-0.3, -0.25) is 4.79 Å². The van der Waals surface area contributed by atoms with Crippen molar-refractivity contribution in [2.75, 3.05) is 26.2 Å². The van der Waals surface area contributed by atoms with E-state index in [0.29, 0.717) is 18.5 Å². The van der Waals surface area contributed by atoms with E-state index < -0.39 is 18.0 Å². The van der Waals surface area contributed by atoms with Crippen molar-refractivity contribution in [1.29, 1.82) is 0 Å². The fourth-order valence-corrected chi connectivity index (χ4v) is 2.46. The van der Waals surface area contributed by atoms with Crippen LogP contribution in [0.2, 0.25) is 0 Å². The second kappa shape index (κ2) is 7.61. The number of hydrogen-bond donors (Lipinski definition) is 4. The Morgan fingerprint density at radius 3 is 2.57 bits per heavy atom. The molecule has 122 valence electrons. The third-order valence-electron chi connectivity index (χ3n) is 3.76. The van der Waals surface area contributed by atoms with Gasteiger partial charge in [0.25, 0.3) is 0 Å². The summed E-state index contributed by atoms with van der Waals surface area (Å²) in [6.45, 7) is 8.25. The predicted molar refractivity (Wildman–Crippen MR) is 79.1 cm³/mol. The zero-order valence-electron chi connectivity index (χ0n) is 13.1. The Morgan fingerprint density at radius 2 is 2.05 bits per heavy atom. The van der Waals surface area contributed by atoms with Crippen molar-refractivity contribution in [2.24, 2.45) is 5.92 Å². The highest BCUT2D eigenvalue weighted by molar-refractivity contribution is 5.74. The number of carbonyl (C=O) groups excluding carboxylic acids is 1. The summed E-state index contributed by atoms with van der Waals surface area (Å²) in [4.78, 5) is 24.6. The van der Waals surface area contributed by atoms with E-state index >= 15 is 0 Å². The van der Waals surface area contributed by atoms with Crippen LogP contribution in [-0.4, -0.2) is 64.9 Å². The van der Waals surface area contributed by atoms with E-state index in [9.17, 15) is 14.7 Å². The van der Waals surface area contributed by atoms with E-state index in [1.807, 2.05) is 0 Å². The Morgan fingerprint density at radius 1 is 1.38 bits per heavy atom. The third-order valence-corrected chi connectivity index (χ3v) is 3.76. The van der Waals surface area contributed by atoms with Gasteiger partial charge in [0.1, 0.15) is 0 Å². The van der Waals surface area contributed by atoms with Gasteiger partial charge in [-0.05, 0) is 39.7 Å². The fraction of sp³-hybridized carbons (Fsp3) is 0.857. The number of nitrogens with zero attached hydrogens (tertiary/aromatic N) is 1. The van der Waals surface area contributed by atoms with Crippen molar-refractivity contribution < 1.29 is 19.8 Å². The van der Waals surface area contributed by atoms with Crippen LogP contribution in [0, 0.1) is 5.92 Å². The number of likely N-dealkylation sites (tertiary alicyclic amines) is 1. The van der Waals surface area contributed by atoms with Crippen molar-refractivity contribution in [1.82, 2.24) is 15.5 Å². The molecule has 0 aromatic rings. The molecule has 2 atom stereocenters. The Bertz CT molecular complexity index is 371. The zero-order chi connectivity index (χ0) is 16.0. The molecule has 0 bridgehead atoms. The molecule has 0 radical (unpaired) electrons. The third kappa shape index (κ3) is 6.77. The maximum Gasteiger partial charge on any atom is 0.314 e. The first kappa shape index (κ1) is 17.7. The minimum atomic E-state index is -1.44. The number of aliphatic carboxylic acids is 1. The highest BCUT2D eigenvalue weighted by Gasteiger charge is 2.26. The zero-order valence-corrected chi connectivity index (χ0v) is 13.1. The largest absolute Gasteiger partial charge is 0.481 e. The number of carboxylic acids is 1. The van der Waals surface area contributed by atoms with Gasteiger partial charge in [-0.15, -0.1) is 0 Å². The standard InChI is InChI=1S/C14H27N3O4/c1-10(2)17-5-4-11(8-17)7-15-13(20)16-9-14(3,21)6-12(18)19/h10-11,21H,4-9H2,1-3H3,(H,18,19)(H2,15,16,20). The van der Waals surface area contributed by atoms with Gasteiger partial charge in [0.15, 0.2) is 0 Å². The van der Waals surface area contributed by atoms with Crippen LogP contribution in [0.5, 0.6) is 0 Å². The monoisotopic (exact) mass is 301 g/mol. The van der Waals surface area contributed by atoms with Gasteiger partial charge >= 0.3 is 12.0 Å². The number of carboxylic acid groups (broad SMARTS) is 1. The van der Waals surface area contributed by atoms with Crippen LogP contribution in [0.25, 0.3) is 0 Å². The Balaban J connectivity index is 2.22. The van der Waals surface area contributed by atoms with Crippen LogP contribution in [0.1, 0.15) is 33.6 Å². The fourth-order valence-electron chi connectivity index (χ4n) is 2.46. The lowest BCUT2D eigenvalue weighted by Gasteiger charge is -2.22. The Hall–Kier alpha value is -1.34. The topological polar surface area (TPSA) is 102 Å². The highest BCUT2D eigenvalue weighted by atomic mass is 16.4. The summed E-state index contributed by atoms with van der Waals surface area (Å²) in [6.07, 6.45) is 0.661. The predicted octanol–water partition coefficient (Wildman–Crippen LogP) is 0.242. The number of hydrogen-bond acceptors (Lipinski definition) is 4. The molecule has 1 heterocycles. The van der Waals surface area contributed by atoms with E-state index in [-0.39, 0.29) is 12.6 Å². The summed E-state index contributed by atoms with van der Waals surface area (Å²) in [5, 5.41) is 23.7. The second-order valence-corrected chi connectivity index (χ2v) is 6.37. The van der Waals surface area contributed by atoms with Crippen LogP contribution >= 0.6 is 0 Å². The van der Waals surface area contributed by atoms with E-state index in [0.717, 1.165) is 19.5 Å². The van der Waals surface area contributed by atoms with Crippen LogP contribution in [0.4, 0.5) is 4.79 Å². The lowest BCUT2D eigenvalue weighted by Crippen LogP contribution is -2.46. The van der Waals surface area contributed by atoms with E-state index in [2.05, 4.69) is 29.4 Å². The first-order chi connectivity index (χ1) is 9.69. The van der Waals surface area contributed by atoms with E-state index in [1.54, 1.807) is 0 Å². The molecule has 1 saturated heterocycles. The molecule has 0 spiro atoms. The molecule has 21 heavy (non-hydrogen) atoms. The van der Waals surface area contributed by atoms with Crippen LogP contribution in [0.15, 0.2) is 0 Å². The Kier molecular flexibility index (Phi) is 6.42. The molecule has 7 heteroatoms.